The molecule has 0 aliphatic rings. The van der Waals surface area contributed by atoms with Crippen molar-refractivity contribution in [1.29, 1.82) is 0 Å². The lowest BCUT2D eigenvalue weighted by Gasteiger charge is -2.32. The van der Waals surface area contributed by atoms with E-state index in [1.165, 1.54) is 6.92 Å². The number of carbonyl (C=O) groups is 1. The maximum Gasteiger partial charge on any atom is 0.324 e. The van der Waals surface area contributed by atoms with Crippen LogP contribution in [-0.2, 0) is 9.53 Å². The topological polar surface area (TPSA) is 75.8 Å². The van der Waals surface area contributed by atoms with Gasteiger partial charge in [-0.1, -0.05) is 6.92 Å². The number of ether oxygens (including phenoxy) is 1. The van der Waals surface area contributed by atoms with Crippen LogP contribution < -0.4 is 5.73 Å². The van der Waals surface area contributed by atoms with E-state index in [1.54, 1.807) is 7.11 Å². The lowest BCUT2D eigenvalue weighted by molar-refractivity contribution is -0.143. The highest BCUT2D eigenvalue weighted by atomic mass is 16.5. The first-order chi connectivity index (χ1) is 6.85. The van der Waals surface area contributed by atoms with Crippen LogP contribution in [0.5, 0.6) is 0 Å². The Bertz CT molecular complexity index is 207. The average molecular weight is 218 g/mol. The Morgan fingerprint density at radius 3 is 2.53 bits per heavy atom. The van der Waals surface area contributed by atoms with Gasteiger partial charge in [-0.15, -0.1) is 0 Å². The molecule has 15 heavy (non-hydrogen) atoms. The summed E-state index contributed by atoms with van der Waals surface area (Å²) in [6.07, 6.45) is 0. The third-order valence-electron chi connectivity index (χ3n) is 2.46. The summed E-state index contributed by atoms with van der Waals surface area (Å²) in [7, 11) is 1.63. The summed E-state index contributed by atoms with van der Waals surface area (Å²) in [5.41, 5.74) is 4.48. The van der Waals surface area contributed by atoms with Crippen LogP contribution in [0.15, 0.2) is 0 Å². The minimum Gasteiger partial charge on any atom is -0.480 e. The summed E-state index contributed by atoms with van der Waals surface area (Å²) < 4.78 is 5.03. The van der Waals surface area contributed by atoms with Gasteiger partial charge in [0.15, 0.2) is 0 Å². The summed E-state index contributed by atoms with van der Waals surface area (Å²) >= 11 is 0. The van der Waals surface area contributed by atoms with E-state index in [4.69, 9.17) is 15.6 Å². The lowest BCUT2D eigenvalue weighted by atomic mass is 10.0. The number of nitrogens with two attached hydrogens (primary N) is 1. The van der Waals surface area contributed by atoms with Crippen LogP contribution in [0.3, 0.4) is 0 Å². The molecule has 0 aromatic rings. The normalized spacial score (nSPS) is 17.5. The third-order valence-corrected chi connectivity index (χ3v) is 2.46. The summed E-state index contributed by atoms with van der Waals surface area (Å²) in [6.45, 7) is 7.14. The van der Waals surface area contributed by atoms with Gasteiger partial charge in [-0.25, -0.2) is 0 Å². The van der Waals surface area contributed by atoms with Gasteiger partial charge in [-0.05, 0) is 20.4 Å². The summed E-state index contributed by atoms with van der Waals surface area (Å²) in [4.78, 5) is 12.9. The Kier molecular flexibility index (Phi) is 5.79. The quantitative estimate of drug-likeness (QED) is 0.636. The van der Waals surface area contributed by atoms with Gasteiger partial charge in [0, 0.05) is 19.7 Å². The first-order valence-electron chi connectivity index (χ1n) is 5.10. The summed E-state index contributed by atoms with van der Waals surface area (Å²) in [6, 6.07) is 0.169. The molecule has 0 aromatic heterocycles. The molecule has 0 aliphatic heterocycles. The van der Waals surface area contributed by atoms with Crippen molar-refractivity contribution in [1.82, 2.24) is 4.90 Å². The number of methoxy groups -OCH3 is 1. The van der Waals surface area contributed by atoms with Crippen LogP contribution in [0.1, 0.15) is 20.8 Å². The molecule has 0 rings (SSSR count). The largest absolute Gasteiger partial charge is 0.480 e. The zero-order valence-electron chi connectivity index (χ0n) is 9.99. The van der Waals surface area contributed by atoms with Crippen molar-refractivity contribution in [2.75, 3.05) is 26.8 Å². The molecule has 2 atom stereocenters. The molecule has 0 amide bonds. The molecular formula is C10H22N2O3. The number of aliphatic carboxylic acids is 1. The predicted molar refractivity (Wildman–Crippen MR) is 58.8 cm³/mol. The van der Waals surface area contributed by atoms with E-state index in [1.807, 2.05) is 18.7 Å². The molecule has 0 fully saturated rings. The van der Waals surface area contributed by atoms with Gasteiger partial charge >= 0.3 is 5.97 Å². The molecular weight excluding hydrogens is 196 g/mol. The molecule has 0 bridgehead atoms. The van der Waals surface area contributed by atoms with E-state index in [-0.39, 0.29) is 6.04 Å². The Morgan fingerprint density at radius 1 is 1.67 bits per heavy atom. The average Bonchev–Trinajstić information content (AvgIpc) is 2.14. The van der Waals surface area contributed by atoms with Crippen LogP contribution in [0.4, 0.5) is 0 Å². The van der Waals surface area contributed by atoms with Gasteiger partial charge in [-0.3, -0.25) is 9.69 Å². The summed E-state index contributed by atoms with van der Waals surface area (Å²) in [5.74, 6) is -0.981. The molecule has 0 aliphatic carbocycles. The molecule has 90 valence electrons. The highest BCUT2D eigenvalue weighted by Crippen LogP contribution is 2.07. The number of carboxylic acid groups (broad SMARTS) is 1. The Labute approximate surface area is 91.2 Å². The van der Waals surface area contributed by atoms with Crippen molar-refractivity contribution < 1.29 is 14.6 Å². The molecule has 3 N–H and O–H groups in total. The fraction of sp³-hybridized carbons (Fsp3) is 0.900. The first-order valence-corrected chi connectivity index (χ1v) is 5.10. The van der Waals surface area contributed by atoms with Gasteiger partial charge < -0.3 is 15.6 Å². The van der Waals surface area contributed by atoms with Gasteiger partial charge in [-0.2, -0.15) is 0 Å². The molecule has 0 saturated carbocycles. The van der Waals surface area contributed by atoms with E-state index in [2.05, 4.69) is 0 Å². The zero-order chi connectivity index (χ0) is 12.1. The smallest absolute Gasteiger partial charge is 0.324 e. The van der Waals surface area contributed by atoms with Gasteiger partial charge in [0.05, 0.1) is 6.61 Å². The second-order valence-electron chi connectivity index (χ2n) is 4.09. The maximum absolute atomic E-state index is 10.9. The van der Waals surface area contributed by atoms with Crippen LogP contribution in [0, 0.1) is 0 Å². The van der Waals surface area contributed by atoms with E-state index in [9.17, 15) is 4.79 Å². The SMILES string of the molecule is CCN(CC(C)(N)C(=O)O)C(C)COC. The van der Waals surface area contributed by atoms with E-state index < -0.39 is 11.5 Å². The van der Waals surface area contributed by atoms with Crippen molar-refractivity contribution in [2.24, 2.45) is 5.73 Å². The Hall–Kier alpha value is -0.650. The first kappa shape index (κ1) is 14.3. The summed E-state index contributed by atoms with van der Waals surface area (Å²) in [5, 5.41) is 8.91. The number of hydrogen-bond acceptors (Lipinski definition) is 4. The Balaban J connectivity index is 4.38. The second kappa shape index (κ2) is 6.05. The van der Waals surface area contributed by atoms with Gasteiger partial charge in [0.25, 0.3) is 0 Å². The number of carboxylic acids is 1. The van der Waals surface area contributed by atoms with E-state index in [0.717, 1.165) is 6.54 Å². The molecule has 0 radical (unpaired) electrons. The zero-order valence-corrected chi connectivity index (χ0v) is 9.99. The van der Waals surface area contributed by atoms with Crippen LogP contribution in [-0.4, -0.2) is 54.4 Å². The monoisotopic (exact) mass is 218 g/mol. The van der Waals surface area contributed by atoms with Crippen LogP contribution >= 0.6 is 0 Å². The van der Waals surface area contributed by atoms with E-state index in [0.29, 0.717) is 13.2 Å². The number of hydrogen-bond donors (Lipinski definition) is 2. The van der Waals surface area contributed by atoms with Crippen molar-refractivity contribution in [3.63, 3.8) is 0 Å². The van der Waals surface area contributed by atoms with Crippen molar-refractivity contribution in [3.05, 3.63) is 0 Å². The standard InChI is InChI=1S/C10H22N2O3/c1-5-12(8(2)6-15-4)7-10(3,11)9(13)14/h8H,5-7,11H2,1-4H3,(H,13,14). The molecule has 0 aromatic carbocycles. The van der Waals surface area contributed by atoms with Gasteiger partial charge in [0.1, 0.15) is 5.54 Å². The minimum atomic E-state index is -1.21. The molecule has 2 unspecified atom stereocenters. The van der Waals surface area contributed by atoms with Crippen molar-refractivity contribution in [3.8, 4) is 0 Å². The van der Waals surface area contributed by atoms with Crippen LogP contribution in [0.25, 0.3) is 0 Å². The third kappa shape index (κ3) is 4.59. The molecule has 5 nitrogen and oxygen atoms in total. The number of likely N-dealkylation sites (N-methyl/N-ethyl adjacent to an activating group) is 1. The molecule has 0 saturated heterocycles. The molecule has 0 heterocycles. The van der Waals surface area contributed by atoms with Crippen LogP contribution in [0.2, 0.25) is 0 Å². The fourth-order valence-electron chi connectivity index (χ4n) is 1.42. The predicted octanol–water partition coefficient (Wildman–Crippen LogP) is 0.145. The highest BCUT2D eigenvalue weighted by Gasteiger charge is 2.31. The molecule has 0 spiro atoms. The molecule has 5 heteroatoms. The lowest BCUT2D eigenvalue weighted by Crippen LogP contribution is -2.56. The second-order valence-corrected chi connectivity index (χ2v) is 4.09. The van der Waals surface area contributed by atoms with Crippen molar-refractivity contribution in [2.45, 2.75) is 32.4 Å². The van der Waals surface area contributed by atoms with E-state index >= 15 is 0 Å². The Morgan fingerprint density at radius 2 is 2.20 bits per heavy atom. The van der Waals surface area contributed by atoms with Crippen molar-refractivity contribution >= 4 is 5.97 Å². The maximum atomic E-state index is 10.9. The fourth-order valence-corrected chi connectivity index (χ4v) is 1.42. The number of rotatable bonds is 7. The minimum absolute atomic E-state index is 0.169. The number of nitrogens with zero attached hydrogens (tertiary/aromatic N) is 1. The highest BCUT2D eigenvalue weighted by molar-refractivity contribution is 5.78. The van der Waals surface area contributed by atoms with Gasteiger partial charge in [0.2, 0.25) is 0 Å².